The summed E-state index contributed by atoms with van der Waals surface area (Å²) in [5.74, 6) is 1.76. The van der Waals surface area contributed by atoms with Gasteiger partial charge in [0, 0.05) is 30.6 Å². The SMILES string of the molecule is Cc1cn(Cc2nc(CC(C)C)nn2-c2ccncc2)c(=O)[nH]c1=O. The monoisotopic (exact) mass is 340 g/mol. The molecule has 0 aliphatic carbocycles. The third-order valence-corrected chi connectivity index (χ3v) is 3.72. The minimum absolute atomic E-state index is 0.212. The third kappa shape index (κ3) is 3.73. The number of hydrogen-bond acceptors (Lipinski definition) is 5. The lowest BCUT2D eigenvalue weighted by molar-refractivity contribution is 0.618. The Morgan fingerprint density at radius 3 is 2.60 bits per heavy atom. The van der Waals surface area contributed by atoms with E-state index in [0.29, 0.717) is 17.3 Å². The zero-order chi connectivity index (χ0) is 18.0. The van der Waals surface area contributed by atoms with Crippen molar-refractivity contribution < 1.29 is 0 Å². The number of nitrogens with zero attached hydrogens (tertiary/aromatic N) is 5. The first-order valence-electron chi connectivity index (χ1n) is 8.09. The van der Waals surface area contributed by atoms with Crippen LogP contribution in [0.25, 0.3) is 5.69 Å². The summed E-state index contributed by atoms with van der Waals surface area (Å²) in [5.41, 5.74) is 0.446. The molecule has 130 valence electrons. The standard InChI is InChI=1S/C17H20N6O2/c1-11(2)8-14-19-15(23(21-14)13-4-6-18-7-5-13)10-22-9-12(3)16(24)20-17(22)25/h4-7,9,11H,8,10H2,1-3H3,(H,20,24,25). The quantitative estimate of drug-likeness (QED) is 0.749. The van der Waals surface area contributed by atoms with Crippen LogP contribution in [0.2, 0.25) is 0 Å². The van der Waals surface area contributed by atoms with E-state index in [2.05, 4.69) is 33.9 Å². The molecule has 8 nitrogen and oxygen atoms in total. The van der Waals surface area contributed by atoms with Crippen molar-refractivity contribution in [2.24, 2.45) is 5.92 Å². The maximum Gasteiger partial charge on any atom is 0.328 e. The van der Waals surface area contributed by atoms with Crippen LogP contribution in [-0.4, -0.2) is 29.3 Å². The van der Waals surface area contributed by atoms with Crippen LogP contribution in [-0.2, 0) is 13.0 Å². The summed E-state index contributed by atoms with van der Waals surface area (Å²) in [6.45, 7) is 6.07. The van der Waals surface area contributed by atoms with Crippen molar-refractivity contribution in [1.29, 1.82) is 0 Å². The smallest absolute Gasteiger partial charge is 0.293 e. The van der Waals surface area contributed by atoms with Gasteiger partial charge in [-0.2, -0.15) is 5.10 Å². The van der Waals surface area contributed by atoms with Crippen LogP contribution in [0.3, 0.4) is 0 Å². The van der Waals surface area contributed by atoms with Gasteiger partial charge in [0.05, 0.1) is 12.2 Å². The second-order valence-corrected chi connectivity index (χ2v) is 6.36. The molecule has 3 rings (SSSR count). The van der Waals surface area contributed by atoms with E-state index >= 15 is 0 Å². The Morgan fingerprint density at radius 2 is 1.92 bits per heavy atom. The highest BCUT2D eigenvalue weighted by atomic mass is 16.2. The Labute approximate surface area is 144 Å². The molecule has 0 aliphatic heterocycles. The van der Waals surface area contributed by atoms with Gasteiger partial charge in [0.1, 0.15) is 0 Å². The Kier molecular flexibility index (Phi) is 4.60. The number of rotatable bonds is 5. The van der Waals surface area contributed by atoms with Gasteiger partial charge in [0.25, 0.3) is 5.56 Å². The fourth-order valence-electron chi connectivity index (χ4n) is 2.53. The molecule has 3 aromatic rings. The van der Waals surface area contributed by atoms with Gasteiger partial charge < -0.3 is 0 Å². The Hall–Kier alpha value is -3.03. The molecule has 0 fully saturated rings. The van der Waals surface area contributed by atoms with Gasteiger partial charge in [0.2, 0.25) is 0 Å². The van der Waals surface area contributed by atoms with Crippen LogP contribution in [0.1, 0.15) is 31.1 Å². The second-order valence-electron chi connectivity index (χ2n) is 6.36. The zero-order valence-corrected chi connectivity index (χ0v) is 14.4. The predicted molar refractivity (Wildman–Crippen MR) is 92.9 cm³/mol. The van der Waals surface area contributed by atoms with Crippen molar-refractivity contribution >= 4 is 0 Å². The molecular formula is C17H20N6O2. The first-order valence-corrected chi connectivity index (χ1v) is 8.09. The van der Waals surface area contributed by atoms with E-state index in [1.54, 1.807) is 24.0 Å². The summed E-state index contributed by atoms with van der Waals surface area (Å²) in [6.07, 6.45) is 5.64. The highest BCUT2D eigenvalue weighted by Gasteiger charge is 2.14. The molecule has 0 unspecified atom stereocenters. The Morgan fingerprint density at radius 1 is 1.20 bits per heavy atom. The van der Waals surface area contributed by atoms with Crippen molar-refractivity contribution in [3.8, 4) is 5.69 Å². The number of aromatic amines is 1. The topological polar surface area (TPSA) is 98.5 Å². The van der Waals surface area contributed by atoms with E-state index < -0.39 is 5.69 Å². The van der Waals surface area contributed by atoms with Crippen molar-refractivity contribution in [3.63, 3.8) is 0 Å². The summed E-state index contributed by atoms with van der Waals surface area (Å²) < 4.78 is 3.14. The lowest BCUT2D eigenvalue weighted by Crippen LogP contribution is -2.31. The molecule has 0 radical (unpaired) electrons. The van der Waals surface area contributed by atoms with E-state index in [4.69, 9.17) is 0 Å². The minimum Gasteiger partial charge on any atom is -0.293 e. The van der Waals surface area contributed by atoms with Gasteiger partial charge in [-0.25, -0.2) is 14.5 Å². The zero-order valence-electron chi connectivity index (χ0n) is 14.4. The molecule has 0 bridgehead atoms. The second kappa shape index (κ2) is 6.84. The van der Waals surface area contributed by atoms with Crippen LogP contribution in [0, 0.1) is 12.8 Å². The maximum atomic E-state index is 12.1. The maximum absolute atomic E-state index is 12.1. The van der Waals surface area contributed by atoms with Gasteiger partial charge >= 0.3 is 5.69 Å². The Bertz CT molecular complexity index is 984. The van der Waals surface area contributed by atoms with E-state index in [9.17, 15) is 9.59 Å². The number of H-pyrrole nitrogens is 1. The summed E-state index contributed by atoms with van der Waals surface area (Å²) in [7, 11) is 0. The molecule has 0 aromatic carbocycles. The molecule has 1 N–H and O–H groups in total. The lowest BCUT2D eigenvalue weighted by atomic mass is 10.1. The molecule has 0 amide bonds. The highest BCUT2D eigenvalue weighted by molar-refractivity contribution is 5.29. The van der Waals surface area contributed by atoms with Gasteiger partial charge in [-0.3, -0.25) is 19.3 Å². The molecule has 0 aliphatic rings. The molecular weight excluding hydrogens is 320 g/mol. The van der Waals surface area contributed by atoms with Gasteiger partial charge in [-0.15, -0.1) is 0 Å². The third-order valence-electron chi connectivity index (χ3n) is 3.72. The highest BCUT2D eigenvalue weighted by Crippen LogP contribution is 2.12. The molecule has 3 aromatic heterocycles. The molecule has 3 heterocycles. The van der Waals surface area contributed by atoms with E-state index in [0.717, 1.165) is 17.9 Å². The fraction of sp³-hybridized carbons (Fsp3) is 0.353. The number of hydrogen-bond donors (Lipinski definition) is 1. The average Bonchev–Trinajstić information content (AvgIpc) is 2.95. The fourth-order valence-corrected chi connectivity index (χ4v) is 2.53. The van der Waals surface area contributed by atoms with Crippen LogP contribution in [0.5, 0.6) is 0 Å². The Balaban J connectivity index is 2.05. The molecule has 0 saturated heterocycles. The number of aryl methyl sites for hydroxylation is 1. The predicted octanol–water partition coefficient (Wildman–Crippen LogP) is 1.07. The molecule has 0 atom stereocenters. The lowest BCUT2D eigenvalue weighted by Gasteiger charge is -2.07. The molecule has 0 spiro atoms. The molecule has 8 heteroatoms. The normalized spacial score (nSPS) is 11.2. The van der Waals surface area contributed by atoms with Gasteiger partial charge in [-0.05, 0) is 25.0 Å². The van der Waals surface area contributed by atoms with E-state index in [-0.39, 0.29) is 12.1 Å². The van der Waals surface area contributed by atoms with Crippen molar-refractivity contribution in [3.05, 3.63) is 68.8 Å². The van der Waals surface area contributed by atoms with Crippen LogP contribution < -0.4 is 11.2 Å². The van der Waals surface area contributed by atoms with E-state index in [1.807, 2.05) is 12.1 Å². The van der Waals surface area contributed by atoms with E-state index in [1.165, 1.54) is 10.8 Å². The van der Waals surface area contributed by atoms with Gasteiger partial charge in [-0.1, -0.05) is 13.8 Å². The van der Waals surface area contributed by atoms with Crippen LogP contribution in [0.15, 0.2) is 40.3 Å². The van der Waals surface area contributed by atoms with Crippen LogP contribution >= 0.6 is 0 Å². The largest absolute Gasteiger partial charge is 0.328 e. The van der Waals surface area contributed by atoms with Crippen LogP contribution in [0.4, 0.5) is 0 Å². The molecule has 0 saturated carbocycles. The first kappa shape index (κ1) is 16.8. The first-order chi connectivity index (χ1) is 11.9. The number of pyridine rings is 1. The van der Waals surface area contributed by atoms with Crippen molar-refractivity contribution in [2.75, 3.05) is 0 Å². The summed E-state index contributed by atoms with van der Waals surface area (Å²) in [4.78, 5) is 34.5. The summed E-state index contributed by atoms with van der Waals surface area (Å²) in [5, 5.41) is 4.58. The molecule has 25 heavy (non-hydrogen) atoms. The average molecular weight is 340 g/mol. The number of aromatic nitrogens is 6. The number of nitrogens with one attached hydrogen (secondary N) is 1. The van der Waals surface area contributed by atoms with Crippen molar-refractivity contribution in [2.45, 2.75) is 33.7 Å². The van der Waals surface area contributed by atoms with Crippen molar-refractivity contribution in [1.82, 2.24) is 29.3 Å². The minimum atomic E-state index is -0.467. The summed E-state index contributed by atoms with van der Waals surface area (Å²) in [6, 6.07) is 3.66. The van der Waals surface area contributed by atoms with Gasteiger partial charge in [0.15, 0.2) is 11.6 Å². The summed E-state index contributed by atoms with van der Waals surface area (Å²) >= 11 is 0.